The fourth-order valence-corrected chi connectivity index (χ4v) is 3.73. The van der Waals surface area contributed by atoms with E-state index in [1.54, 1.807) is 12.3 Å². The highest BCUT2D eigenvalue weighted by molar-refractivity contribution is 5.95. The molecular weight excluding hydrogens is 486 g/mol. The first kappa shape index (κ1) is 26.9. The Labute approximate surface area is 210 Å². The zero-order chi connectivity index (χ0) is 26.9. The number of hydrogen-bond donors (Lipinski definition) is 8. The van der Waals surface area contributed by atoms with Crippen molar-refractivity contribution in [3.05, 3.63) is 54.2 Å². The number of aliphatic carboxylic acids is 2. The van der Waals surface area contributed by atoms with Gasteiger partial charge in [-0.15, -0.1) is 0 Å². The number of hydrogen-bond acceptors (Lipinski definition) is 7. The molecule has 0 saturated carbocycles. The van der Waals surface area contributed by atoms with E-state index >= 15 is 0 Å². The van der Waals surface area contributed by atoms with Gasteiger partial charge in [-0.2, -0.15) is 0 Å². The first-order valence-electron chi connectivity index (χ1n) is 11.2. The molecule has 0 fully saturated rings. The number of carbonyl (C=O) groups excluding carboxylic acids is 3. The van der Waals surface area contributed by atoms with Crippen molar-refractivity contribution in [3.8, 4) is 0 Å². The van der Waals surface area contributed by atoms with Gasteiger partial charge in [-0.05, 0) is 11.6 Å². The first-order valence-corrected chi connectivity index (χ1v) is 11.2. The van der Waals surface area contributed by atoms with Crippen molar-refractivity contribution in [3.63, 3.8) is 0 Å². The van der Waals surface area contributed by atoms with Gasteiger partial charge in [0.15, 0.2) is 0 Å². The van der Waals surface area contributed by atoms with Crippen LogP contribution in [0.25, 0.3) is 10.9 Å². The average Bonchev–Trinajstić information content (AvgIpc) is 3.52. The average molecular weight is 514 g/mol. The lowest BCUT2D eigenvalue weighted by molar-refractivity contribution is -0.147. The number of rotatable bonds is 13. The molecule has 0 spiro atoms. The van der Waals surface area contributed by atoms with Crippen LogP contribution in [0.1, 0.15) is 17.7 Å². The molecule has 3 rings (SSSR count). The molecule has 37 heavy (non-hydrogen) atoms. The minimum absolute atomic E-state index is 0.00969. The molecule has 14 heteroatoms. The smallest absolute Gasteiger partial charge is 0.326 e. The van der Waals surface area contributed by atoms with Crippen LogP contribution in [0.4, 0.5) is 0 Å². The highest BCUT2D eigenvalue weighted by Crippen LogP contribution is 2.19. The molecular formula is C23H27N7O7. The number of fused-ring (bicyclic) bond motifs is 1. The Morgan fingerprint density at radius 1 is 0.919 bits per heavy atom. The fraction of sp³-hybridized carbons (Fsp3) is 0.304. The standard InChI is InChI=1S/C23H27N7O7/c24-8-19(31)28-17(6-13-10-25-11-27-13)22(35)29-16(21(34)30-18(23(36)37)7-20(32)33)5-12-9-26-15-4-2-1-3-14(12)15/h1-4,9-11,16-18,26H,5-8,24H2,(H,25,27)(H,28,31)(H,29,35)(H,30,34)(H,32,33)(H,36,37). The highest BCUT2D eigenvalue weighted by atomic mass is 16.4. The molecule has 0 aliphatic rings. The maximum Gasteiger partial charge on any atom is 0.326 e. The van der Waals surface area contributed by atoms with E-state index in [1.165, 1.54) is 12.5 Å². The molecule has 3 atom stereocenters. The molecule has 0 aliphatic heterocycles. The van der Waals surface area contributed by atoms with Crippen molar-refractivity contribution in [2.75, 3.05) is 6.54 Å². The second-order valence-corrected chi connectivity index (χ2v) is 8.23. The third kappa shape index (κ3) is 7.38. The summed E-state index contributed by atoms with van der Waals surface area (Å²) < 4.78 is 0. The lowest BCUT2D eigenvalue weighted by atomic mass is 10.0. The van der Waals surface area contributed by atoms with Gasteiger partial charge in [-0.1, -0.05) is 18.2 Å². The number of nitrogens with zero attached hydrogens (tertiary/aromatic N) is 1. The number of aromatic amines is 2. The summed E-state index contributed by atoms with van der Waals surface area (Å²) in [4.78, 5) is 70.7. The van der Waals surface area contributed by atoms with Gasteiger partial charge in [0.1, 0.15) is 18.1 Å². The number of carboxylic acids is 2. The number of carbonyl (C=O) groups is 5. The molecule has 2 heterocycles. The van der Waals surface area contributed by atoms with Crippen molar-refractivity contribution in [2.45, 2.75) is 37.4 Å². The molecule has 9 N–H and O–H groups in total. The van der Waals surface area contributed by atoms with E-state index in [4.69, 9.17) is 10.8 Å². The third-order valence-corrected chi connectivity index (χ3v) is 5.54. The van der Waals surface area contributed by atoms with Gasteiger partial charge >= 0.3 is 11.9 Å². The topological polar surface area (TPSA) is 232 Å². The van der Waals surface area contributed by atoms with E-state index in [1.807, 2.05) is 18.2 Å². The van der Waals surface area contributed by atoms with Crippen molar-refractivity contribution < 1.29 is 34.2 Å². The molecule has 196 valence electrons. The minimum Gasteiger partial charge on any atom is -0.481 e. The number of nitrogens with one attached hydrogen (secondary N) is 5. The Bertz CT molecular complexity index is 1270. The maximum absolute atomic E-state index is 13.2. The van der Waals surface area contributed by atoms with Crippen LogP contribution in [0.15, 0.2) is 43.0 Å². The van der Waals surface area contributed by atoms with Gasteiger partial charge in [-0.3, -0.25) is 19.2 Å². The number of benzene rings is 1. The van der Waals surface area contributed by atoms with Crippen LogP contribution in [0.5, 0.6) is 0 Å². The number of aromatic nitrogens is 3. The van der Waals surface area contributed by atoms with Gasteiger partial charge < -0.3 is 41.9 Å². The summed E-state index contributed by atoms with van der Waals surface area (Å²) in [6.07, 6.45) is 3.62. The summed E-state index contributed by atoms with van der Waals surface area (Å²) in [5.74, 6) is -5.21. The van der Waals surface area contributed by atoms with Gasteiger partial charge in [0, 0.05) is 41.8 Å². The normalized spacial score (nSPS) is 13.3. The van der Waals surface area contributed by atoms with Crippen LogP contribution in [0.2, 0.25) is 0 Å². The zero-order valence-corrected chi connectivity index (χ0v) is 19.6. The number of amides is 3. The van der Waals surface area contributed by atoms with Gasteiger partial charge in [0.05, 0.1) is 19.3 Å². The van der Waals surface area contributed by atoms with Crippen LogP contribution in [-0.4, -0.2) is 79.5 Å². The Morgan fingerprint density at radius 2 is 1.59 bits per heavy atom. The summed E-state index contributed by atoms with van der Waals surface area (Å²) in [5, 5.41) is 26.4. The van der Waals surface area contributed by atoms with E-state index in [9.17, 15) is 29.1 Å². The minimum atomic E-state index is -1.72. The van der Waals surface area contributed by atoms with Crippen molar-refractivity contribution in [1.29, 1.82) is 0 Å². The summed E-state index contributed by atoms with van der Waals surface area (Å²) >= 11 is 0. The second-order valence-electron chi connectivity index (χ2n) is 8.23. The summed E-state index contributed by atoms with van der Waals surface area (Å²) in [7, 11) is 0. The molecule has 0 bridgehead atoms. The molecule has 3 aromatic rings. The van der Waals surface area contributed by atoms with E-state index in [0.29, 0.717) is 11.3 Å². The quantitative estimate of drug-likeness (QED) is 0.135. The van der Waals surface area contributed by atoms with Crippen LogP contribution in [0, 0.1) is 0 Å². The SMILES string of the molecule is NCC(=O)NC(Cc1cnc[nH]1)C(=O)NC(Cc1c[nH]c2ccccc12)C(=O)NC(CC(=O)O)C(=O)O. The van der Waals surface area contributed by atoms with Gasteiger partial charge in [0.25, 0.3) is 0 Å². The van der Waals surface area contributed by atoms with Crippen molar-refractivity contribution in [1.82, 2.24) is 30.9 Å². The summed E-state index contributed by atoms with van der Waals surface area (Å²) in [5.41, 5.74) is 7.34. The number of imidazole rings is 1. The van der Waals surface area contributed by atoms with Crippen molar-refractivity contribution in [2.24, 2.45) is 5.73 Å². The predicted molar refractivity (Wildman–Crippen MR) is 129 cm³/mol. The zero-order valence-electron chi connectivity index (χ0n) is 19.6. The number of H-pyrrole nitrogens is 2. The Balaban J connectivity index is 1.87. The maximum atomic E-state index is 13.2. The lowest BCUT2D eigenvalue weighted by Crippen LogP contribution is -2.57. The molecule has 0 aliphatic carbocycles. The van der Waals surface area contributed by atoms with E-state index in [-0.39, 0.29) is 19.4 Å². The molecule has 0 saturated heterocycles. The van der Waals surface area contributed by atoms with Gasteiger partial charge in [-0.25, -0.2) is 9.78 Å². The molecule has 2 aromatic heterocycles. The van der Waals surface area contributed by atoms with Gasteiger partial charge in [0.2, 0.25) is 17.7 Å². The summed E-state index contributed by atoms with van der Waals surface area (Å²) in [6, 6.07) is 3.09. The van der Waals surface area contributed by atoms with E-state index in [2.05, 4.69) is 30.9 Å². The molecule has 3 unspecified atom stereocenters. The lowest BCUT2D eigenvalue weighted by Gasteiger charge is -2.24. The van der Waals surface area contributed by atoms with Crippen LogP contribution in [0.3, 0.4) is 0 Å². The van der Waals surface area contributed by atoms with Crippen LogP contribution >= 0.6 is 0 Å². The third-order valence-electron chi connectivity index (χ3n) is 5.54. The molecule has 1 aromatic carbocycles. The highest BCUT2D eigenvalue weighted by Gasteiger charge is 2.31. The van der Waals surface area contributed by atoms with Crippen LogP contribution in [-0.2, 0) is 36.8 Å². The Morgan fingerprint density at radius 3 is 2.22 bits per heavy atom. The second kappa shape index (κ2) is 12.3. The fourth-order valence-electron chi connectivity index (χ4n) is 3.73. The number of para-hydroxylation sites is 1. The Hall–Kier alpha value is -4.72. The van der Waals surface area contributed by atoms with E-state index < -0.39 is 54.2 Å². The summed E-state index contributed by atoms with van der Waals surface area (Å²) in [6.45, 7) is -0.374. The molecule has 0 radical (unpaired) electrons. The molecule has 14 nitrogen and oxygen atoms in total. The number of carboxylic acid groups (broad SMARTS) is 2. The number of nitrogens with two attached hydrogens (primary N) is 1. The largest absolute Gasteiger partial charge is 0.481 e. The monoisotopic (exact) mass is 513 g/mol. The Kier molecular flexibility index (Phi) is 8.94. The first-order chi connectivity index (χ1) is 17.7. The van der Waals surface area contributed by atoms with E-state index in [0.717, 1.165) is 10.9 Å². The van der Waals surface area contributed by atoms with Crippen LogP contribution < -0.4 is 21.7 Å². The van der Waals surface area contributed by atoms with Crippen molar-refractivity contribution >= 4 is 40.6 Å². The molecule has 3 amide bonds. The predicted octanol–water partition coefficient (Wildman–Crippen LogP) is -1.35.